The van der Waals surface area contributed by atoms with Gasteiger partial charge in [0, 0.05) is 26.6 Å². The van der Waals surface area contributed by atoms with Crippen molar-refractivity contribution in [2.45, 2.75) is 26.3 Å². The summed E-state index contributed by atoms with van der Waals surface area (Å²) in [7, 11) is 0. The lowest BCUT2D eigenvalue weighted by atomic mass is 10.1. The average molecular weight is 316 g/mol. The summed E-state index contributed by atoms with van der Waals surface area (Å²) in [5.41, 5.74) is 0.940. The normalized spacial score (nSPS) is 19.2. The standard InChI is InChI=1S/C15H19F3N2O2/c1-11(21)19-8-13-6-7-20(10-13)9-12-2-4-14(5-3-12)22-15(16,17)18/h2-5,13H,6-10H2,1H3,(H,19,21)/t13-/m1/s1. The Balaban J connectivity index is 1.81. The van der Waals surface area contributed by atoms with E-state index in [4.69, 9.17) is 0 Å². The summed E-state index contributed by atoms with van der Waals surface area (Å²) in [6.07, 6.45) is -3.65. The molecule has 0 unspecified atom stereocenters. The van der Waals surface area contributed by atoms with Gasteiger partial charge in [0.25, 0.3) is 0 Å². The van der Waals surface area contributed by atoms with Gasteiger partial charge >= 0.3 is 6.36 Å². The smallest absolute Gasteiger partial charge is 0.406 e. The Kier molecular flexibility index (Phi) is 5.28. The van der Waals surface area contributed by atoms with E-state index in [-0.39, 0.29) is 11.7 Å². The molecule has 0 aromatic heterocycles. The van der Waals surface area contributed by atoms with E-state index < -0.39 is 6.36 Å². The maximum Gasteiger partial charge on any atom is 0.573 e. The zero-order valence-electron chi connectivity index (χ0n) is 12.3. The van der Waals surface area contributed by atoms with Gasteiger partial charge in [0.2, 0.25) is 5.91 Å². The molecule has 0 bridgehead atoms. The minimum absolute atomic E-state index is 0.0290. The fourth-order valence-electron chi connectivity index (χ4n) is 2.57. The molecule has 1 aromatic carbocycles. The van der Waals surface area contributed by atoms with Gasteiger partial charge in [-0.1, -0.05) is 12.1 Å². The number of hydrogen-bond donors (Lipinski definition) is 1. The highest BCUT2D eigenvalue weighted by atomic mass is 19.4. The second-order valence-corrected chi connectivity index (χ2v) is 5.52. The molecule has 4 nitrogen and oxygen atoms in total. The SMILES string of the molecule is CC(=O)NC[C@H]1CCN(Cc2ccc(OC(F)(F)F)cc2)C1. The molecule has 0 radical (unpaired) electrons. The van der Waals surface area contributed by atoms with Crippen LogP contribution in [0, 0.1) is 5.92 Å². The number of hydrogen-bond acceptors (Lipinski definition) is 3. The van der Waals surface area contributed by atoms with Crippen LogP contribution in [0.5, 0.6) is 5.75 Å². The zero-order chi connectivity index (χ0) is 16.2. The molecule has 0 saturated carbocycles. The maximum atomic E-state index is 12.1. The third-order valence-corrected chi connectivity index (χ3v) is 3.57. The van der Waals surface area contributed by atoms with Crippen LogP contribution in [0.3, 0.4) is 0 Å². The predicted octanol–water partition coefficient (Wildman–Crippen LogP) is 2.54. The predicted molar refractivity (Wildman–Crippen MR) is 75.2 cm³/mol. The van der Waals surface area contributed by atoms with Crippen LogP contribution in [0.25, 0.3) is 0 Å². The molecule has 1 fully saturated rings. The lowest BCUT2D eigenvalue weighted by Gasteiger charge is -2.16. The first-order chi connectivity index (χ1) is 10.3. The highest BCUT2D eigenvalue weighted by Gasteiger charge is 2.31. The topological polar surface area (TPSA) is 41.6 Å². The van der Waals surface area contributed by atoms with Crippen LogP contribution in [0.15, 0.2) is 24.3 Å². The van der Waals surface area contributed by atoms with Gasteiger partial charge in [-0.3, -0.25) is 9.69 Å². The first-order valence-electron chi connectivity index (χ1n) is 7.13. The van der Waals surface area contributed by atoms with Crippen molar-refractivity contribution in [1.82, 2.24) is 10.2 Å². The Morgan fingerprint density at radius 2 is 2.05 bits per heavy atom. The molecule has 1 aliphatic heterocycles. The van der Waals surface area contributed by atoms with Crippen molar-refractivity contribution in [3.8, 4) is 5.75 Å². The first kappa shape index (κ1) is 16.6. The number of ether oxygens (including phenoxy) is 1. The van der Waals surface area contributed by atoms with E-state index in [1.807, 2.05) is 0 Å². The van der Waals surface area contributed by atoms with Crippen LogP contribution in [0.2, 0.25) is 0 Å². The summed E-state index contributed by atoms with van der Waals surface area (Å²) < 4.78 is 40.1. The number of rotatable bonds is 5. The maximum absolute atomic E-state index is 12.1. The average Bonchev–Trinajstić information content (AvgIpc) is 2.85. The number of halogens is 3. The molecule has 0 aliphatic carbocycles. The van der Waals surface area contributed by atoms with E-state index >= 15 is 0 Å². The summed E-state index contributed by atoms with van der Waals surface area (Å²) in [5, 5.41) is 2.81. The molecule has 122 valence electrons. The van der Waals surface area contributed by atoms with Crippen molar-refractivity contribution < 1.29 is 22.7 Å². The summed E-state index contributed by atoms with van der Waals surface area (Å²) in [6, 6.07) is 5.94. The molecule has 22 heavy (non-hydrogen) atoms. The Hall–Kier alpha value is -1.76. The van der Waals surface area contributed by atoms with E-state index in [9.17, 15) is 18.0 Å². The molecule has 0 spiro atoms. The van der Waals surface area contributed by atoms with Crippen molar-refractivity contribution in [1.29, 1.82) is 0 Å². The van der Waals surface area contributed by atoms with E-state index in [2.05, 4.69) is 15.0 Å². The summed E-state index contributed by atoms with van der Waals surface area (Å²) in [4.78, 5) is 13.1. The van der Waals surface area contributed by atoms with Crippen LogP contribution < -0.4 is 10.1 Å². The fraction of sp³-hybridized carbons (Fsp3) is 0.533. The highest BCUT2D eigenvalue weighted by molar-refractivity contribution is 5.72. The van der Waals surface area contributed by atoms with Gasteiger partial charge in [-0.25, -0.2) is 0 Å². The van der Waals surface area contributed by atoms with Gasteiger partial charge in [0.1, 0.15) is 5.75 Å². The second kappa shape index (κ2) is 7.00. The highest BCUT2D eigenvalue weighted by Crippen LogP contribution is 2.24. The first-order valence-corrected chi connectivity index (χ1v) is 7.13. The number of nitrogens with zero attached hydrogens (tertiary/aromatic N) is 1. The lowest BCUT2D eigenvalue weighted by molar-refractivity contribution is -0.274. The van der Waals surface area contributed by atoms with E-state index in [0.717, 1.165) is 25.1 Å². The summed E-state index contributed by atoms with van der Waals surface area (Å²) in [6.45, 7) is 4.65. The quantitative estimate of drug-likeness (QED) is 0.908. The second-order valence-electron chi connectivity index (χ2n) is 5.52. The number of nitrogens with one attached hydrogen (secondary N) is 1. The number of alkyl halides is 3. The largest absolute Gasteiger partial charge is 0.573 e. The van der Waals surface area contributed by atoms with Crippen molar-refractivity contribution in [2.24, 2.45) is 5.92 Å². The van der Waals surface area contributed by atoms with Crippen molar-refractivity contribution in [3.05, 3.63) is 29.8 Å². The summed E-state index contributed by atoms with van der Waals surface area (Å²) in [5.74, 6) is 0.191. The molecule has 1 aliphatic rings. The van der Waals surface area contributed by atoms with Gasteiger partial charge in [-0.05, 0) is 36.6 Å². The number of amides is 1. The van der Waals surface area contributed by atoms with Gasteiger partial charge in [0.05, 0.1) is 0 Å². The number of carbonyl (C=O) groups is 1. The number of likely N-dealkylation sites (tertiary alicyclic amines) is 1. The summed E-state index contributed by atoms with van der Waals surface area (Å²) >= 11 is 0. The third-order valence-electron chi connectivity index (χ3n) is 3.57. The minimum atomic E-state index is -4.66. The molecule has 1 amide bonds. The Labute approximate surface area is 127 Å². The fourth-order valence-corrected chi connectivity index (χ4v) is 2.57. The van der Waals surface area contributed by atoms with E-state index in [1.165, 1.54) is 19.1 Å². The molecule has 1 heterocycles. The monoisotopic (exact) mass is 316 g/mol. The Morgan fingerprint density at radius 1 is 1.36 bits per heavy atom. The van der Waals surface area contributed by atoms with Gasteiger partial charge in [0.15, 0.2) is 0 Å². The van der Waals surface area contributed by atoms with Gasteiger partial charge < -0.3 is 10.1 Å². The zero-order valence-corrected chi connectivity index (χ0v) is 12.3. The Bertz CT molecular complexity index is 503. The van der Waals surface area contributed by atoms with Crippen molar-refractivity contribution in [3.63, 3.8) is 0 Å². The molecule has 1 saturated heterocycles. The molecule has 1 aromatic rings. The number of benzene rings is 1. The van der Waals surface area contributed by atoms with Crippen molar-refractivity contribution in [2.75, 3.05) is 19.6 Å². The molecule has 7 heteroatoms. The van der Waals surface area contributed by atoms with Crippen LogP contribution in [-0.4, -0.2) is 36.8 Å². The molecule has 1 N–H and O–H groups in total. The van der Waals surface area contributed by atoms with Gasteiger partial charge in [-0.2, -0.15) is 0 Å². The number of carbonyl (C=O) groups excluding carboxylic acids is 1. The van der Waals surface area contributed by atoms with E-state index in [0.29, 0.717) is 19.0 Å². The van der Waals surface area contributed by atoms with Crippen molar-refractivity contribution >= 4 is 5.91 Å². The third kappa shape index (κ3) is 5.55. The molecule has 2 rings (SSSR count). The van der Waals surface area contributed by atoms with E-state index in [1.54, 1.807) is 12.1 Å². The lowest BCUT2D eigenvalue weighted by Crippen LogP contribution is -2.29. The molecule has 1 atom stereocenters. The van der Waals surface area contributed by atoms with Crippen LogP contribution in [0.1, 0.15) is 18.9 Å². The van der Waals surface area contributed by atoms with Crippen LogP contribution >= 0.6 is 0 Å². The molecular weight excluding hydrogens is 297 g/mol. The molecular formula is C15H19F3N2O2. The van der Waals surface area contributed by atoms with Gasteiger partial charge in [-0.15, -0.1) is 13.2 Å². The Morgan fingerprint density at radius 3 is 2.64 bits per heavy atom. The minimum Gasteiger partial charge on any atom is -0.406 e. The van der Waals surface area contributed by atoms with Crippen LogP contribution in [-0.2, 0) is 11.3 Å². The van der Waals surface area contributed by atoms with Crippen LogP contribution in [0.4, 0.5) is 13.2 Å².